The first-order valence-corrected chi connectivity index (χ1v) is 13.2. The number of benzene rings is 2. The summed E-state index contributed by atoms with van der Waals surface area (Å²) in [5.74, 6) is 2.40. The molecule has 1 aliphatic heterocycles. The Balaban J connectivity index is 1.21. The highest BCUT2D eigenvalue weighted by molar-refractivity contribution is 6.36. The molecule has 6 rings (SSSR count). The number of hydrogen-bond donors (Lipinski definition) is 1. The standard InChI is InChI=1S/C30H29BN6O2/c31-26-19-34-37-28(33-18-21-7-5-13-32-17-21)16-27(35-29(26)37)23-9-6-14-36(20-23)30(38)22-8-4-12-25(15-22)39-24-10-2-1-3-11-24/h1-5,7-8,10-13,15-17,19,23,33H,6,9,14,18,20,31H2. The molecule has 1 saturated heterocycles. The van der Waals surface area contributed by atoms with Gasteiger partial charge >= 0.3 is 0 Å². The molecule has 1 atom stereocenters. The zero-order valence-electron chi connectivity index (χ0n) is 21.8. The van der Waals surface area contributed by atoms with Crippen LogP contribution in [0.15, 0.2) is 91.4 Å². The second-order valence-electron chi connectivity index (χ2n) is 9.88. The zero-order chi connectivity index (χ0) is 26.6. The second-order valence-corrected chi connectivity index (χ2v) is 9.88. The molecule has 0 saturated carbocycles. The van der Waals surface area contributed by atoms with Crippen LogP contribution in [0.5, 0.6) is 11.5 Å². The maximum atomic E-state index is 13.6. The lowest BCUT2D eigenvalue weighted by atomic mass is 9.93. The highest BCUT2D eigenvalue weighted by Crippen LogP contribution is 2.29. The Morgan fingerprint density at radius 3 is 2.74 bits per heavy atom. The summed E-state index contributed by atoms with van der Waals surface area (Å²) in [6.45, 7) is 1.96. The first kappa shape index (κ1) is 24.7. The van der Waals surface area contributed by atoms with Gasteiger partial charge in [0.05, 0.1) is 5.69 Å². The molecule has 0 aliphatic carbocycles. The molecule has 0 spiro atoms. The predicted molar refractivity (Wildman–Crippen MR) is 154 cm³/mol. The normalized spacial score (nSPS) is 15.3. The molecule has 39 heavy (non-hydrogen) atoms. The number of piperidine rings is 1. The van der Waals surface area contributed by atoms with Crippen molar-refractivity contribution in [2.45, 2.75) is 25.3 Å². The number of nitrogens with one attached hydrogen (secondary N) is 1. The van der Waals surface area contributed by atoms with Gasteiger partial charge in [0.25, 0.3) is 5.91 Å². The molecule has 5 aromatic rings. The molecule has 1 fully saturated rings. The highest BCUT2D eigenvalue weighted by Gasteiger charge is 2.27. The number of ether oxygens (including phenoxy) is 1. The topological polar surface area (TPSA) is 84.7 Å². The van der Waals surface area contributed by atoms with E-state index < -0.39 is 0 Å². The molecular weight excluding hydrogens is 487 g/mol. The highest BCUT2D eigenvalue weighted by atomic mass is 16.5. The first-order chi connectivity index (χ1) is 19.1. The molecule has 2 aromatic carbocycles. The molecule has 0 radical (unpaired) electrons. The van der Waals surface area contributed by atoms with Crippen LogP contribution in [-0.4, -0.2) is 51.3 Å². The quantitative estimate of drug-likeness (QED) is 0.332. The van der Waals surface area contributed by atoms with Crippen LogP contribution in [0, 0.1) is 0 Å². The number of likely N-dealkylation sites (tertiary alicyclic amines) is 1. The lowest BCUT2D eigenvalue weighted by molar-refractivity contribution is 0.0705. The Bertz CT molecular complexity index is 1590. The number of pyridine rings is 1. The molecule has 1 N–H and O–H groups in total. The van der Waals surface area contributed by atoms with Crippen molar-refractivity contribution >= 4 is 30.7 Å². The largest absolute Gasteiger partial charge is 0.457 e. The summed E-state index contributed by atoms with van der Waals surface area (Å²) in [5.41, 5.74) is 4.52. The molecule has 3 aromatic heterocycles. The van der Waals surface area contributed by atoms with Gasteiger partial charge in [-0.25, -0.2) is 4.98 Å². The van der Waals surface area contributed by atoms with Crippen LogP contribution >= 0.6 is 0 Å². The SMILES string of the molecule is Bc1cnn2c(NCc3cccnc3)cc(C3CCCN(C(=O)c4cccc(Oc5ccccc5)c4)C3)nc12. The summed E-state index contributed by atoms with van der Waals surface area (Å²) < 4.78 is 7.81. The molecule has 1 aliphatic rings. The van der Waals surface area contributed by atoms with Gasteiger partial charge in [-0.05, 0) is 60.3 Å². The zero-order valence-corrected chi connectivity index (χ0v) is 21.8. The number of rotatable bonds is 7. The van der Waals surface area contributed by atoms with Crippen LogP contribution in [0.3, 0.4) is 0 Å². The summed E-state index contributed by atoms with van der Waals surface area (Å²) in [6, 6.07) is 23.0. The summed E-state index contributed by atoms with van der Waals surface area (Å²) >= 11 is 0. The minimum atomic E-state index is 0.00903. The van der Waals surface area contributed by atoms with Crippen molar-refractivity contribution in [2.24, 2.45) is 0 Å². The van der Waals surface area contributed by atoms with Crippen LogP contribution in [-0.2, 0) is 6.54 Å². The summed E-state index contributed by atoms with van der Waals surface area (Å²) in [5, 5.41) is 8.05. The van der Waals surface area contributed by atoms with Crippen LogP contribution in [0.1, 0.15) is 40.4 Å². The van der Waals surface area contributed by atoms with E-state index in [9.17, 15) is 4.79 Å². The average molecular weight is 516 g/mol. The molecule has 0 bridgehead atoms. The van der Waals surface area contributed by atoms with Crippen LogP contribution in [0.25, 0.3) is 5.65 Å². The minimum absolute atomic E-state index is 0.00903. The predicted octanol–water partition coefficient (Wildman–Crippen LogP) is 3.81. The van der Waals surface area contributed by atoms with Gasteiger partial charge in [0.1, 0.15) is 25.2 Å². The number of amides is 1. The maximum Gasteiger partial charge on any atom is 0.254 e. The van der Waals surface area contributed by atoms with E-state index in [-0.39, 0.29) is 11.8 Å². The van der Waals surface area contributed by atoms with Crippen molar-refractivity contribution in [3.63, 3.8) is 0 Å². The Morgan fingerprint density at radius 2 is 1.90 bits per heavy atom. The third kappa shape index (κ3) is 5.48. The Hall–Kier alpha value is -4.66. The lowest BCUT2D eigenvalue weighted by Gasteiger charge is -2.33. The Morgan fingerprint density at radius 1 is 1.03 bits per heavy atom. The molecule has 4 heterocycles. The smallest absolute Gasteiger partial charge is 0.254 e. The second kappa shape index (κ2) is 11.0. The van der Waals surface area contributed by atoms with E-state index in [0.717, 1.165) is 53.3 Å². The third-order valence-corrected chi connectivity index (χ3v) is 7.05. The monoisotopic (exact) mass is 516 g/mol. The van der Waals surface area contributed by atoms with Gasteiger partial charge in [-0.15, -0.1) is 0 Å². The first-order valence-electron chi connectivity index (χ1n) is 13.2. The minimum Gasteiger partial charge on any atom is -0.457 e. The fraction of sp³-hybridized carbons (Fsp3) is 0.200. The summed E-state index contributed by atoms with van der Waals surface area (Å²) in [6.07, 6.45) is 7.35. The van der Waals surface area contributed by atoms with Crippen molar-refractivity contribution in [1.29, 1.82) is 0 Å². The van der Waals surface area contributed by atoms with Gasteiger partial charge in [-0.2, -0.15) is 9.61 Å². The Labute approximate surface area is 228 Å². The van der Waals surface area contributed by atoms with E-state index in [1.807, 2.05) is 96.4 Å². The van der Waals surface area contributed by atoms with Crippen LogP contribution < -0.4 is 15.5 Å². The lowest BCUT2D eigenvalue weighted by Crippen LogP contribution is -2.39. The summed E-state index contributed by atoms with van der Waals surface area (Å²) in [7, 11) is 2.02. The van der Waals surface area contributed by atoms with E-state index in [4.69, 9.17) is 9.72 Å². The van der Waals surface area contributed by atoms with Gasteiger partial charge in [-0.3, -0.25) is 9.78 Å². The van der Waals surface area contributed by atoms with E-state index in [0.29, 0.717) is 24.4 Å². The van der Waals surface area contributed by atoms with E-state index >= 15 is 0 Å². The van der Waals surface area contributed by atoms with E-state index in [2.05, 4.69) is 21.5 Å². The molecule has 1 amide bonds. The van der Waals surface area contributed by atoms with Gasteiger partial charge in [0.15, 0.2) is 5.65 Å². The van der Waals surface area contributed by atoms with Crippen molar-refractivity contribution in [3.8, 4) is 11.5 Å². The van der Waals surface area contributed by atoms with Crippen molar-refractivity contribution in [1.82, 2.24) is 24.5 Å². The van der Waals surface area contributed by atoms with Crippen molar-refractivity contribution in [2.75, 3.05) is 18.4 Å². The molecular formula is C30H29BN6O2. The number of nitrogens with zero attached hydrogens (tertiary/aromatic N) is 5. The van der Waals surface area contributed by atoms with Gasteiger partial charge in [0.2, 0.25) is 0 Å². The number of carbonyl (C=O) groups excluding carboxylic acids is 1. The fourth-order valence-corrected chi connectivity index (χ4v) is 5.02. The van der Waals surface area contributed by atoms with Crippen molar-refractivity contribution < 1.29 is 9.53 Å². The molecule has 1 unspecified atom stereocenters. The molecule has 9 heteroatoms. The third-order valence-electron chi connectivity index (χ3n) is 7.05. The Kier molecular flexibility index (Phi) is 6.95. The molecule has 194 valence electrons. The van der Waals surface area contributed by atoms with Crippen molar-refractivity contribution in [3.05, 3.63) is 108 Å². The number of fused-ring (bicyclic) bond motifs is 1. The van der Waals surface area contributed by atoms with E-state index in [1.165, 1.54) is 0 Å². The van der Waals surface area contributed by atoms with Crippen LogP contribution in [0.4, 0.5) is 5.82 Å². The number of para-hydroxylation sites is 1. The summed E-state index contributed by atoms with van der Waals surface area (Å²) in [4.78, 5) is 24.7. The van der Waals surface area contributed by atoms with Gasteiger partial charge in [0, 0.05) is 55.8 Å². The number of hydrogen-bond acceptors (Lipinski definition) is 6. The number of carbonyl (C=O) groups is 1. The molecule has 8 nitrogen and oxygen atoms in total. The number of anilines is 1. The van der Waals surface area contributed by atoms with Gasteiger partial charge in [-0.1, -0.05) is 30.3 Å². The van der Waals surface area contributed by atoms with Gasteiger partial charge < -0.3 is 15.0 Å². The maximum absolute atomic E-state index is 13.6. The van der Waals surface area contributed by atoms with E-state index in [1.54, 1.807) is 6.20 Å². The van der Waals surface area contributed by atoms with Crippen LogP contribution in [0.2, 0.25) is 0 Å². The number of aromatic nitrogens is 4. The fourth-order valence-electron chi connectivity index (χ4n) is 5.02. The average Bonchev–Trinajstić information content (AvgIpc) is 3.37.